The van der Waals surface area contributed by atoms with E-state index in [0.29, 0.717) is 13.0 Å². The predicted octanol–water partition coefficient (Wildman–Crippen LogP) is 2.64. The molecule has 0 spiro atoms. The van der Waals surface area contributed by atoms with Crippen LogP contribution in [0.25, 0.3) is 0 Å². The zero-order chi connectivity index (χ0) is 14.3. The molecule has 1 amide bonds. The van der Waals surface area contributed by atoms with Crippen LogP contribution in [0.15, 0.2) is 0 Å². The average Bonchev–Trinajstić information content (AvgIpc) is 2.87. The van der Waals surface area contributed by atoms with Crippen LogP contribution >= 0.6 is 0 Å². The highest BCUT2D eigenvalue weighted by molar-refractivity contribution is 5.78. The minimum atomic E-state index is -0.719. The summed E-state index contributed by atoms with van der Waals surface area (Å²) in [7, 11) is 0. The number of aliphatic carboxylic acids is 1. The summed E-state index contributed by atoms with van der Waals surface area (Å²) in [5, 5.41) is 9.24. The van der Waals surface area contributed by atoms with Gasteiger partial charge in [0.2, 0.25) is 0 Å². The Morgan fingerprint density at radius 2 is 2.00 bits per heavy atom. The van der Waals surface area contributed by atoms with Crippen molar-refractivity contribution in [3.8, 4) is 0 Å². The van der Waals surface area contributed by atoms with Gasteiger partial charge in [0.15, 0.2) is 0 Å². The second kappa shape index (κ2) is 4.69. The minimum absolute atomic E-state index is 0.0217. The third kappa shape index (κ3) is 3.19. The first-order valence-electron chi connectivity index (χ1n) is 6.97. The first kappa shape index (κ1) is 14.2. The molecule has 5 nitrogen and oxygen atoms in total. The van der Waals surface area contributed by atoms with E-state index >= 15 is 0 Å². The standard InChI is InChI=1S/C14H23NO4/c1-13(2,3)19-12(18)15-8-4-5-10(15)9-14(6-7-14)11(16)17/h10H,4-9H2,1-3H3,(H,16,17). The highest BCUT2D eigenvalue weighted by Crippen LogP contribution is 2.51. The topological polar surface area (TPSA) is 66.8 Å². The molecule has 2 rings (SSSR count). The molecule has 1 N–H and O–H groups in total. The van der Waals surface area contributed by atoms with Crippen molar-refractivity contribution >= 4 is 12.1 Å². The van der Waals surface area contributed by atoms with E-state index in [0.717, 1.165) is 25.7 Å². The fourth-order valence-electron chi connectivity index (χ4n) is 2.72. The highest BCUT2D eigenvalue weighted by Gasteiger charge is 2.52. The number of carbonyl (C=O) groups is 2. The van der Waals surface area contributed by atoms with Gasteiger partial charge < -0.3 is 14.7 Å². The zero-order valence-corrected chi connectivity index (χ0v) is 11.9. The Morgan fingerprint density at radius 1 is 1.37 bits per heavy atom. The van der Waals surface area contributed by atoms with Gasteiger partial charge in [0, 0.05) is 12.6 Å². The molecular formula is C14H23NO4. The lowest BCUT2D eigenvalue weighted by Crippen LogP contribution is -2.41. The number of amides is 1. The molecule has 1 aliphatic carbocycles. The van der Waals surface area contributed by atoms with Crippen LogP contribution in [0.5, 0.6) is 0 Å². The number of rotatable bonds is 3. The van der Waals surface area contributed by atoms with Gasteiger partial charge in [0.25, 0.3) is 0 Å². The molecule has 108 valence electrons. The first-order chi connectivity index (χ1) is 8.73. The summed E-state index contributed by atoms with van der Waals surface area (Å²) in [5.41, 5.74) is -1.08. The Balaban J connectivity index is 1.97. The third-order valence-corrected chi connectivity index (χ3v) is 3.94. The maximum Gasteiger partial charge on any atom is 0.410 e. The van der Waals surface area contributed by atoms with Crippen LogP contribution in [0.4, 0.5) is 4.79 Å². The van der Waals surface area contributed by atoms with Crippen molar-refractivity contribution in [1.29, 1.82) is 0 Å². The highest BCUT2D eigenvalue weighted by atomic mass is 16.6. The smallest absolute Gasteiger partial charge is 0.410 e. The van der Waals surface area contributed by atoms with E-state index in [1.165, 1.54) is 0 Å². The zero-order valence-electron chi connectivity index (χ0n) is 11.9. The summed E-state index contributed by atoms with van der Waals surface area (Å²) in [6.07, 6.45) is 3.55. The molecule has 1 saturated heterocycles. The molecule has 0 bridgehead atoms. The molecule has 2 fully saturated rings. The molecule has 0 aromatic heterocycles. The van der Waals surface area contributed by atoms with Crippen LogP contribution in [0.2, 0.25) is 0 Å². The lowest BCUT2D eigenvalue weighted by atomic mass is 9.95. The molecule has 0 aromatic carbocycles. The van der Waals surface area contributed by atoms with Gasteiger partial charge in [-0.05, 0) is 52.9 Å². The average molecular weight is 269 g/mol. The van der Waals surface area contributed by atoms with Gasteiger partial charge in [0.05, 0.1) is 5.41 Å². The number of hydrogen-bond acceptors (Lipinski definition) is 3. The molecule has 1 saturated carbocycles. The Morgan fingerprint density at radius 3 is 2.47 bits per heavy atom. The molecule has 5 heteroatoms. The third-order valence-electron chi connectivity index (χ3n) is 3.94. The summed E-state index contributed by atoms with van der Waals surface area (Å²) >= 11 is 0. The fourth-order valence-corrected chi connectivity index (χ4v) is 2.72. The number of carboxylic acid groups (broad SMARTS) is 1. The van der Waals surface area contributed by atoms with E-state index in [4.69, 9.17) is 4.74 Å². The van der Waals surface area contributed by atoms with Crippen molar-refractivity contribution < 1.29 is 19.4 Å². The number of carbonyl (C=O) groups excluding carboxylic acids is 1. The van der Waals surface area contributed by atoms with Crippen molar-refractivity contribution in [2.24, 2.45) is 5.41 Å². The van der Waals surface area contributed by atoms with Gasteiger partial charge in [-0.25, -0.2) is 4.79 Å². The van der Waals surface area contributed by atoms with Crippen molar-refractivity contribution in [3.05, 3.63) is 0 Å². The summed E-state index contributed by atoms with van der Waals surface area (Å²) in [5.74, 6) is -0.719. The van der Waals surface area contributed by atoms with Gasteiger partial charge in [-0.3, -0.25) is 4.79 Å². The molecule has 1 aliphatic heterocycles. The lowest BCUT2D eigenvalue weighted by Gasteiger charge is -2.29. The maximum absolute atomic E-state index is 12.1. The van der Waals surface area contributed by atoms with Crippen LogP contribution < -0.4 is 0 Å². The predicted molar refractivity (Wildman–Crippen MR) is 69.9 cm³/mol. The van der Waals surface area contributed by atoms with Crippen LogP contribution in [-0.2, 0) is 9.53 Å². The Hall–Kier alpha value is -1.26. The van der Waals surface area contributed by atoms with Gasteiger partial charge in [0.1, 0.15) is 5.60 Å². The number of likely N-dealkylation sites (tertiary alicyclic amines) is 1. The maximum atomic E-state index is 12.1. The molecule has 1 unspecified atom stereocenters. The van der Waals surface area contributed by atoms with E-state index in [1.54, 1.807) is 4.90 Å². The van der Waals surface area contributed by atoms with Crippen molar-refractivity contribution in [1.82, 2.24) is 4.90 Å². The molecule has 1 atom stereocenters. The van der Waals surface area contributed by atoms with E-state index in [-0.39, 0.29) is 12.1 Å². The van der Waals surface area contributed by atoms with Crippen LogP contribution in [0.3, 0.4) is 0 Å². The van der Waals surface area contributed by atoms with E-state index in [9.17, 15) is 14.7 Å². The van der Waals surface area contributed by atoms with Gasteiger partial charge in [-0.1, -0.05) is 0 Å². The summed E-state index contributed by atoms with van der Waals surface area (Å²) in [6, 6.07) is 0.0217. The second-order valence-corrected chi connectivity index (χ2v) is 6.76. The van der Waals surface area contributed by atoms with E-state index in [2.05, 4.69) is 0 Å². The summed E-state index contributed by atoms with van der Waals surface area (Å²) < 4.78 is 5.39. The molecule has 0 radical (unpaired) electrons. The lowest BCUT2D eigenvalue weighted by molar-refractivity contribution is -0.144. The second-order valence-electron chi connectivity index (χ2n) is 6.76. The van der Waals surface area contributed by atoms with Gasteiger partial charge >= 0.3 is 12.1 Å². The number of hydrogen-bond donors (Lipinski definition) is 1. The van der Waals surface area contributed by atoms with Crippen molar-refractivity contribution in [2.45, 2.75) is 64.5 Å². The fraction of sp³-hybridized carbons (Fsp3) is 0.857. The molecule has 0 aromatic rings. The van der Waals surface area contributed by atoms with Crippen molar-refractivity contribution in [3.63, 3.8) is 0 Å². The van der Waals surface area contributed by atoms with E-state index < -0.39 is 17.0 Å². The molecular weight excluding hydrogens is 246 g/mol. The van der Waals surface area contributed by atoms with Gasteiger partial charge in [-0.15, -0.1) is 0 Å². The van der Waals surface area contributed by atoms with E-state index in [1.807, 2.05) is 20.8 Å². The monoisotopic (exact) mass is 269 g/mol. The Kier molecular flexibility index (Phi) is 3.49. The number of carboxylic acids is 1. The SMILES string of the molecule is CC(C)(C)OC(=O)N1CCCC1CC1(C(=O)O)CC1. The number of nitrogens with zero attached hydrogens (tertiary/aromatic N) is 1. The largest absolute Gasteiger partial charge is 0.481 e. The molecule has 2 aliphatic rings. The van der Waals surface area contributed by atoms with Crippen LogP contribution in [-0.4, -0.2) is 40.3 Å². The van der Waals surface area contributed by atoms with Crippen molar-refractivity contribution in [2.75, 3.05) is 6.54 Å². The van der Waals surface area contributed by atoms with Gasteiger partial charge in [-0.2, -0.15) is 0 Å². The Labute approximate surface area is 113 Å². The minimum Gasteiger partial charge on any atom is -0.481 e. The molecule has 1 heterocycles. The first-order valence-corrected chi connectivity index (χ1v) is 6.97. The molecule has 19 heavy (non-hydrogen) atoms. The quantitative estimate of drug-likeness (QED) is 0.855. The summed E-state index contributed by atoms with van der Waals surface area (Å²) in [6.45, 7) is 6.20. The Bertz CT molecular complexity index is 381. The normalized spacial score (nSPS) is 25.2. The summed E-state index contributed by atoms with van der Waals surface area (Å²) in [4.78, 5) is 25.1. The number of ether oxygens (including phenoxy) is 1. The van der Waals surface area contributed by atoms with Crippen LogP contribution in [0.1, 0.15) is 52.9 Å². The van der Waals surface area contributed by atoms with Crippen LogP contribution in [0, 0.1) is 5.41 Å².